The summed E-state index contributed by atoms with van der Waals surface area (Å²) >= 11 is 0. The summed E-state index contributed by atoms with van der Waals surface area (Å²) in [4.78, 5) is 0. The molecule has 4 heteroatoms. The largest absolute Gasteiger partial charge is 0.393 e. The summed E-state index contributed by atoms with van der Waals surface area (Å²) in [6.45, 7) is 16.1. The lowest BCUT2D eigenvalue weighted by molar-refractivity contribution is -0.186. The van der Waals surface area contributed by atoms with E-state index in [1.807, 2.05) is 0 Å². The molecule has 1 aliphatic heterocycles. The van der Waals surface area contributed by atoms with Gasteiger partial charge >= 0.3 is 0 Å². The molecule has 0 aromatic heterocycles. The second-order valence-electron chi connectivity index (χ2n) is 14.4. The van der Waals surface area contributed by atoms with Crippen molar-refractivity contribution in [3.05, 3.63) is 23.3 Å². The van der Waals surface area contributed by atoms with Gasteiger partial charge in [0.1, 0.15) is 6.10 Å². The van der Waals surface area contributed by atoms with Gasteiger partial charge in [-0.15, -0.1) is 0 Å². The molecule has 0 spiro atoms. The van der Waals surface area contributed by atoms with Crippen LogP contribution in [0.3, 0.4) is 0 Å². The molecule has 1 heterocycles. The molecule has 0 aromatic carbocycles. The number of ether oxygens (including phenoxy) is 1. The Bertz CT molecular complexity index is 896. The first kappa shape index (κ1) is 25.0. The maximum absolute atomic E-state index is 10.9. The van der Waals surface area contributed by atoms with Gasteiger partial charge in [0, 0.05) is 0 Å². The van der Waals surface area contributed by atoms with E-state index in [0.29, 0.717) is 30.8 Å². The molecule has 4 nitrogen and oxygen atoms in total. The van der Waals surface area contributed by atoms with Gasteiger partial charge in [-0.1, -0.05) is 46.8 Å². The van der Waals surface area contributed by atoms with Crippen LogP contribution in [0.1, 0.15) is 93.4 Å². The highest BCUT2D eigenvalue weighted by molar-refractivity contribution is 5.49. The van der Waals surface area contributed by atoms with Gasteiger partial charge in [0.25, 0.3) is 0 Å². The number of rotatable bonds is 2. The van der Waals surface area contributed by atoms with Crippen molar-refractivity contribution in [3.63, 3.8) is 0 Å². The number of aliphatic hydroxyl groups excluding tert-OH is 2. The van der Waals surface area contributed by atoms with Gasteiger partial charge in [0.2, 0.25) is 0 Å². The highest BCUT2D eigenvalue weighted by Crippen LogP contribution is 2.71. The summed E-state index contributed by atoms with van der Waals surface area (Å²) in [6.07, 6.45) is 11.0. The number of hydrogen-bond donors (Lipinski definition) is 3. The van der Waals surface area contributed by atoms with Crippen LogP contribution < -0.4 is 0 Å². The first-order chi connectivity index (χ1) is 15.7. The normalized spacial score (nSPS) is 50.5. The van der Waals surface area contributed by atoms with Crippen molar-refractivity contribution in [2.45, 2.75) is 117 Å². The molecule has 0 radical (unpaired) electrons. The van der Waals surface area contributed by atoms with Crippen molar-refractivity contribution in [2.75, 3.05) is 6.61 Å². The Labute approximate surface area is 206 Å². The molecule has 4 aliphatic carbocycles. The zero-order valence-corrected chi connectivity index (χ0v) is 22.5. The molecule has 34 heavy (non-hydrogen) atoms. The SMILES string of the molecule is CC(C)(O)[C@@H]1OC[C@H]([C@@H]2CC[C@]3(C)C4=CC[C@H]5C(C)(C)[C@H](O)CC[C@]5(C)C4=CC[C@@]23C)C[C@H]1O. The van der Waals surface area contributed by atoms with Crippen LogP contribution in [-0.2, 0) is 4.74 Å². The van der Waals surface area contributed by atoms with Gasteiger partial charge in [-0.05, 0) is 109 Å². The van der Waals surface area contributed by atoms with E-state index in [9.17, 15) is 15.3 Å². The molecule has 0 aromatic rings. The Morgan fingerprint density at radius 1 is 0.971 bits per heavy atom. The van der Waals surface area contributed by atoms with Gasteiger partial charge < -0.3 is 20.1 Å². The molecule has 2 saturated carbocycles. The molecular weight excluding hydrogens is 424 g/mol. The van der Waals surface area contributed by atoms with E-state index in [4.69, 9.17) is 4.74 Å². The fraction of sp³-hybridized carbons (Fsp3) is 0.867. The van der Waals surface area contributed by atoms with Crippen LogP contribution in [0, 0.1) is 39.4 Å². The molecule has 0 amide bonds. The second kappa shape index (κ2) is 7.66. The second-order valence-corrected chi connectivity index (χ2v) is 14.4. The summed E-state index contributed by atoms with van der Waals surface area (Å²) in [6, 6.07) is 0. The van der Waals surface area contributed by atoms with E-state index in [0.717, 1.165) is 25.7 Å². The van der Waals surface area contributed by atoms with Crippen LogP contribution in [0.5, 0.6) is 0 Å². The molecule has 3 N–H and O–H groups in total. The third-order valence-corrected chi connectivity index (χ3v) is 11.9. The molecule has 5 aliphatic rings. The highest BCUT2D eigenvalue weighted by atomic mass is 16.5. The summed E-state index contributed by atoms with van der Waals surface area (Å²) in [7, 11) is 0. The molecule has 5 rings (SSSR count). The fourth-order valence-corrected chi connectivity index (χ4v) is 9.58. The molecule has 192 valence electrons. The summed E-state index contributed by atoms with van der Waals surface area (Å²) in [5.74, 6) is 1.31. The minimum atomic E-state index is -1.03. The Hall–Kier alpha value is -0.680. The topological polar surface area (TPSA) is 69.9 Å². The Balaban J connectivity index is 1.45. The van der Waals surface area contributed by atoms with Crippen molar-refractivity contribution in [2.24, 2.45) is 39.4 Å². The Morgan fingerprint density at radius 2 is 1.68 bits per heavy atom. The number of aliphatic hydroxyl groups is 3. The molecule has 0 bridgehead atoms. The minimum absolute atomic E-state index is 0.0671. The van der Waals surface area contributed by atoms with E-state index in [2.05, 4.69) is 46.8 Å². The van der Waals surface area contributed by atoms with E-state index < -0.39 is 17.8 Å². The molecule has 9 atom stereocenters. The van der Waals surface area contributed by atoms with Crippen molar-refractivity contribution < 1.29 is 20.1 Å². The predicted molar refractivity (Wildman–Crippen MR) is 135 cm³/mol. The van der Waals surface area contributed by atoms with Gasteiger partial charge in [0.05, 0.1) is 24.4 Å². The lowest BCUT2D eigenvalue weighted by atomic mass is 9.44. The van der Waals surface area contributed by atoms with E-state index in [-0.39, 0.29) is 27.8 Å². The quantitative estimate of drug-likeness (QED) is 0.503. The maximum Gasteiger partial charge on any atom is 0.111 e. The van der Waals surface area contributed by atoms with Crippen LogP contribution in [0.15, 0.2) is 23.3 Å². The average Bonchev–Trinajstić information content (AvgIpc) is 3.02. The van der Waals surface area contributed by atoms with Gasteiger partial charge in [-0.3, -0.25) is 0 Å². The van der Waals surface area contributed by atoms with Crippen LogP contribution in [0.25, 0.3) is 0 Å². The predicted octanol–water partition coefficient (Wildman–Crippen LogP) is 5.41. The third kappa shape index (κ3) is 3.24. The lowest BCUT2D eigenvalue weighted by Crippen LogP contribution is -2.55. The van der Waals surface area contributed by atoms with E-state index in [1.165, 1.54) is 12.8 Å². The first-order valence-corrected chi connectivity index (χ1v) is 13.8. The van der Waals surface area contributed by atoms with Crippen LogP contribution in [-0.4, -0.2) is 45.8 Å². The minimum Gasteiger partial charge on any atom is -0.393 e. The number of fused-ring (bicyclic) bond motifs is 5. The first-order valence-electron chi connectivity index (χ1n) is 13.8. The Morgan fingerprint density at radius 3 is 2.32 bits per heavy atom. The lowest BCUT2D eigenvalue weighted by Gasteiger charge is -2.61. The highest BCUT2D eigenvalue weighted by Gasteiger charge is 2.63. The van der Waals surface area contributed by atoms with Crippen molar-refractivity contribution in [1.82, 2.24) is 0 Å². The van der Waals surface area contributed by atoms with E-state index >= 15 is 0 Å². The zero-order valence-electron chi connectivity index (χ0n) is 22.5. The molecule has 1 saturated heterocycles. The monoisotopic (exact) mass is 472 g/mol. The van der Waals surface area contributed by atoms with Gasteiger partial charge in [-0.2, -0.15) is 0 Å². The molecular formula is C30H48O4. The van der Waals surface area contributed by atoms with Gasteiger partial charge in [0.15, 0.2) is 0 Å². The Kier molecular flexibility index (Phi) is 5.63. The average molecular weight is 473 g/mol. The number of allylic oxidation sites excluding steroid dienone is 4. The third-order valence-electron chi connectivity index (χ3n) is 11.9. The van der Waals surface area contributed by atoms with Crippen LogP contribution >= 0.6 is 0 Å². The summed E-state index contributed by atoms with van der Waals surface area (Å²) < 4.78 is 6.11. The standard InChI is InChI=1S/C30H48O4/c1-26(2)23-9-8-21-20(28(23,5)13-12-24(26)32)11-15-29(6)19(10-14-30(21,29)7)18-16-22(31)25(34-17-18)27(3,4)33/h8,11,18-19,22-25,31-33H,9-10,12-17H2,1-7H3/t18-,19+,22-,23+,24-,25-,28-,29+,30-/m1/s1. The number of hydrogen-bond acceptors (Lipinski definition) is 4. The zero-order chi connectivity index (χ0) is 24.9. The summed E-state index contributed by atoms with van der Waals surface area (Å²) in [5.41, 5.74) is 2.48. The smallest absolute Gasteiger partial charge is 0.111 e. The molecule has 3 fully saturated rings. The van der Waals surface area contributed by atoms with Crippen molar-refractivity contribution >= 4 is 0 Å². The fourth-order valence-electron chi connectivity index (χ4n) is 9.58. The van der Waals surface area contributed by atoms with Crippen LogP contribution in [0.4, 0.5) is 0 Å². The van der Waals surface area contributed by atoms with Gasteiger partial charge in [-0.25, -0.2) is 0 Å². The van der Waals surface area contributed by atoms with Crippen molar-refractivity contribution in [3.8, 4) is 0 Å². The van der Waals surface area contributed by atoms with Crippen molar-refractivity contribution in [1.29, 1.82) is 0 Å². The maximum atomic E-state index is 10.9. The van der Waals surface area contributed by atoms with E-state index in [1.54, 1.807) is 25.0 Å². The molecule has 0 unspecified atom stereocenters. The summed E-state index contributed by atoms with van der Waals surface area (Å²) in [5, 5.41) is 32.1. The van der Waals surface area contributed by atoms with Crippen LogP contribution in [0.2, 0.25) is 0 Å².